The molecule has 3 N–H and O–H groups in total. The molecule has 1 amide bonds. The lowest BCUT2D eigenvalue weighted by atomic mass is 9.96. The Bertz CT molecular complexity index is 1470. The first-order valence-corrected chi connectivity index (χ1v) is 11.3. The summed E-state index contributed by atoms with van der Waals surface area (Å²) in [5, 5.41) is 3.50. The van der Waals surface area contributed by atoms with Crippen molar-refractivity contribution in [3.8, 4) is 0 Å². The molecule has 4 rings (SSSR count). The van der Waals surface area contributed by atoms with Crippen molar-refractivity contribution in [3.63, 3.8) is 0 Å². The molecule has 0 saturated heterocycles. The number of aromatic nitrogens is 2. The number of amides is 1. The zero-order chi connectivity index (χ0) is 26.6. The summed E-state index contributed by atoms with van der Waals surface area (Å²) < 4.78 is 39.2. The molecule has 4 aromatic rings. The molecule has 9 heteroatoms. The first-order chi connectivity index (χ1) is 17.6. The van der Waals surface area contributed by atoms with Crippen molar-refractivity contribution >= 4 is 39.7 Å². The Labute approximate surface area is 212 Å². The third-order valence-corrected chi connectivity index (χ3v) is 5.62. The van der Waals surface area contributed by atoms with Gasteiger partial charge in [0.25, 0.3) is 0 Å². The largest absolute Gasteiger partial charge is 0.416 e. The third-order valence-electron chi connectivity index (χ3n) is 5.62. The van der Waals surface area contributed by atoms with E-state index in [-0.39, 0.29) is 5.95 Å². The van der Waals surface area contributed by atoms with Crippen LogP contribution in [0.5, 0.6) is 0 Å². The molecule has 0 atom stereocenters. The lowest BCUT2D eigenvalue weighted by Crippen LogP contribution is -2.09. The minimum atomic E-state index is -4.43. The summed E-state index contributed by atoms with van der Waals surface area (Å²) >= 11 is 0. The predicted octanol–water partition coefficient (Wildman–Crippen LogP) is 5.92. The molecule has 0 saturated carbocycles. The second-order valence-corrected chi connectivity index (χ2v) is 8.42. The van der Waals surface area contributed by atoms with E-state index in [4.69, 9.17) is 5.73 Å². The molecule has 0 unspecified atom stereocenters. The highest BCUT2D eigenvalue weighted by molar-refractivity contribution is 6.05. The highest BCUT2D eigenvalue weighted by atomic mass is 19.4. The van der Waals surface area contributed by atoms with Crippen LogP contribution >= 0.6 is 0 Å². The van der Waals surface area contributed by atoms with E-state index in [2.05, 4.69) is 15.3 Å². The van der Waals surface area contributed by atoms with Gasteiger partial charge in [-0.3, -0.25) is 4.79 Å². The van der Waals surface area contributed by atoms with Gasteiger partial charge in [0.2, 0.25) is 11.9 Å². The molecule has 1 aromatic heterocycles. The highest BCUT2D eigenvalue weighted by Crippen LogP contribution is 2.32. The number of rotatable bonds is 6. The quantitative estimate of drug-likeness (QED) is 0.252. The average Bonchev–Trinajstić information content (AvgIpc) is 2.87. The van der Waals surface area contributed by atoms with Gasteiger partial charge >= 0.3 is 6.18 Å². The minimum Gasteiger partial charge on any atom is -0.378 e. The molecule has 0 aliphatic carbocycles. The number of carbonyl (C=O) groups is 1. The Hall–Kier alpha value is -4.66. The van der Waals surface area contributed by atoms with Crippen LogP contribution in [0.3, 0.4) is 0 Å². The number of benzene rings is 3. The van der Waals surface area contributed by atoms with E-state index in [9.17, 15) is 18.0 Å². The fourth-order valence-electron chi connectivity index (χ4n) is 3.71. The monoisotopic (exact) mass is 503 g/mol. The summed E-state index contributed by atoms with van der Waals surface area (Å²) in [6.07, 6.45) is 1.73. The first kappa shape index (κ1) is 25.4. The SMILES string of the molecule is CN(C)c1ccc(C(=CC=CC(=O)Nc2cccc3cnc(N)nc23)c2ccc(C(F)(F)F)cc2)cc1. The lowest BCUT2D eigenvalue weighted by Gasteiger charge is -2.14. The minimum absolute atomic E-state index is 0.0918. The van der Waals surface area contributed by atoms with Crippen molar-refractivity contribution in [2.75, 3.05) is 30.0 Å². The van der Waals surface area contributed by atoms with Gasteiger partial charge in [0, 0.05) is 37.4 Å². The number of nitrogens with one attached hydrogen (secondary N) is 1. The van der Waals surface area contributed by atoms with E-state index in [0.29, 0.717) is 22.3 Å². The fraction of sp³-hybridized carbons (Fsp3) is 0.107. The Balaban J connectivity index is 1.63. The van der Waals surface area contributed by atoms with Crippen LogP contribution in [0.2, 0.25) is 0 Å². The molecule has 6 nitrogen and oxygen atoms in total. The van der Waals surface area contributed by atoms with Crippen molar-refractivity contribution in [2.45, 2.75) is 6.18 Å². The fourth-order valence-corrected chi connectivity index (χ4v) is 3.71. The average molecular weight is 504 g/mol. The number of alkyl halides is 3. The standard InChI is InChI=1S/C28H24F3N5O/c1-36(2)22-15-11-19(12-16-22)23(18-9-13-21(14-10-18)28(29,30)31)6-4-8-25(37)34-24-7-3-5-20-17-33-27(32)35-26(20)24/h3-17H,1-2H3,(H,34,37)(H2,32,33,35). The zero-order valence-corrected chi connectivity index (χ0v) is 20.1. The Morgan fingerprint density at radius 1 is 0.973 bits per heavy atom. The second-order valence-electron chi connectivity index (χ2n) is 8.42. The summed E-state index contributed by atoms with van der Waals surface area (Å²) in [5.74, 6) is -0.315. The third kappa shape index (κ3) is 6.13. The molecule has 0 bridgehead atoms. The number of nitrogen functional groups attached to an aromatic ring is 1. The number of halogens is 3. The number of para-hydroxylation sites is 1. The van der Waals surface area contributed by atoms with Crippen molar-refractivity contribution in [3.05, 3.63) is 108 Å². The van der Waals surface area contributed by atoms with Crippen molar-refractivity contribution in [1.29, 1.82) is 0 Å². The molecule has 188 valence electrons. The van der Waals surface area contributed by atoms with Crippen LogP contribution in [0.25, 0.3) is 16.5 Å². The van der Waals surface area contributed by atoms with E-state index < -0.39 is 17.6 Å². The molecule has 0 aliphatic rings. The molecule has 0 fully saturated rings. The Morgan fingerprint density at radius 3 is 2.24 bits per heavy atom. The number of carbonyl (C=O) groups excluding carboxylic acids is 1. The van der Waals surface area contributed by atoms with Crippen LogP contribution < -0.4 is 16.0 Å². The van der Waals surface area contributed by atoms with E-state index in [1.165, 1.54) is 18.2 Å². The smallest absolute Gasteiger partial charge is 0.378 e. The summed E-state index contributed by atoms with van der Waals surface area (Å²) in [6, 6.07) is 17.8. The summed E-state index contributed by atoms with van der Waals surface area (Å²) in [7, 11) is 3.83. The molecule has 1 heterocycles. The molecule has 0 radical (unpaired) electrons. The van der Waals surface area contributed by atoms with Gasteiger partial charge in [-0.25, -0.2) is 9.97 Å². The van der Waals surface area contributed by atoms with Gasteiger partial charge in [0.1, 0.15) is 0 Å². The molecule has 37 heavy (non-hydrogen) atoms. The first-order valence-electron chi connectivity index (χ1n) is 11.3. The van der Waals surface area contributed by atoms with Crippen molar-refractivity contribution in [2.24, 2.45) is 0 Å². The van der Waals surface area contributed by atoms with Crippen LogP contribution in [-0.4, -0.2) is 30.0 Å². The zero-order valence-electron chi connectivity index (χ0n) is 20.1. The number of anilines is 3. The maximum atomic E-state index is 13.1. The number of hydrogen-bond acceptors (Lipinski definition) is 5. The normalized spacial score (nSPS) is 12.2. The number of allylic oxidation sites excluding steroid dienone is 2. The molecular formula is C28H24F3N5O. The second kappa shape index (κ2) is 10.5. The van der Waals surface area contributed by atoms with Gasteiger partial charge in [0.15, 0.2) is 0 Å². The highest BCUT2D eigenvalue weighted by Gasteiger charge is 2.30. The van der Waals surface area contributed by atoms with Gasteiger partial charge in [-0.2, -0.15) is 13.2 Å². The lowest BCUT2D eigenvalue weighted by molar-refractivity contribution is -0.137. The van der Waals surface area contributed by atoms with E-state index in [1.807, 2.05) is 43.3 Å². The summed E-state index contributed by atoms with van der Waals surface area (Å²) in [4.78, 5) is 22.7. The van der Waals surface area contributed by atoms with Gasteiger partial charge in [-0.1, -0.05) is 48.6 Å². The van der Waals surface area contributed by atoms with Crippen LogP contribution in [0, 0.1) is 0 Å². The molecule has 0 aliphatic heterocycles. The number of hydrogen-bond donors (Lipinski definition) is 2. The number of nitrogens with two attached hydrogens (primary N) is 1. The van der Waals surface area contributed by atoms with Crippen LogP contribution in [-0.2, 0) is 11.0 Å². The maximum Gasteiger partial charge on any atom is 0.416 e. The van der Waals surface area contributed by atoms with Crippen LogP contribution in [0.15, 0.2) is 91.2 Å². The van der Waals surface area contributed by atoms with E-state index >= 15 is 0 Å². The van der Waals surface area contributed by atoms with Gasteiger partial charge in [0.05, 0.1) is 16.8 Å². The summed E-state index contributed by atoms with van der Waals surface area (Å²) in [5.41, 5.74) is 8.95. The predicted molar refractivity (Wildman–Crippen MR) is 141 cm³/mol. The van der Waals surface area contributed by atoms with E-state index in [1.54, 1.807) is 36.5 Å². The maximum absolute atomic E-state index is 13.1. The van der Waals surface area contributed by atoms with Gasteiger partial charge < -0.3 is 16.0 Å². The topological polar surface area (TPSA) is 84.1 Å². The Morgan fingerprint density at radius 2 is 1.62 bits per heavy atom. The molecule has 3 aromatic carbocycles. The Kier molecular flexibility index (Phi) is 7.24. The number of fused-ring (bicyclic) bond motifs is 1. The van der Waals surface area contributed by atoms with Gasteiger partial charge in [-0.15, -0.1) is 0 Å². The van der Waals surface area contributed by atoms with Gasteiger partial charge in [-0.05, 0) is 47.0 Å². The van der Waals surface area contributed by atoms with Crippen LogP contribution in [0.1, 0.15) is 16.7 Å². The van der Waals surface area contributed by atoms with Crippen molar-refractivity contribution < 1.29 is 18.0 Å². The van der Waals surface area contributed by atoms with E-state index in [0.717, 1.165) is 28.8 Å². The molecular weight excluding hydrogens is 479 g/mol. The summed E-state index contributed by atoms with van der Waals surface area (Å²) in [6.45, 7) is 0. The van der Waals surface area contributed by atoms with Crippen molar-refractivity contribution in [1.82, 2.24) is 9.97 Å². The van der Waals surface area contributed by atoms with Crippen LogP contribution in [0.4, 0.5) is 30.5 Å². The number of nitrogens with zero attached hydrogens (tertiary/aromatic N) is 3. The molecule has 0 spiro atoms.